The molecule has 2 heterocycles. The van der Waals surface area contributed by atoms with E-state index in [1.807, 2.05) is 35.2 Å². The molecule has 0 spiro atoms. The number of anilines is 1. The highest BCUT2D eigenvalue weighted by molar-refractivity contribution is 9.10. The van der Waals surface area contributed by atoms with Crippen molar-refractivity contribution in [1.29, 1.82) is 0 Å². The van der Waals surface area contributed by atoms with Crippen molar-refractivity contribution in [2.45, 2.75) is 26.7 Å². The van der Waals surface area contributed by atoms with Crippen molar-refractivity contribution in [3.63, 3.8) is 0 Å². The van der Waals surface area contributed by atoms with E-state index >= 15 is 0 Å². The Labute approximate surface area is 139 Å². The van der Waals surface area contributed by atoms with E-state index in [2.05, 4.69) is 39.7 Å². The van der Waals surface area contributed by atoms with Crippen LogP contribution in [0.4, 0.5) is 5.69 Å². The lowest BCUT2D eigenvalue weighted by atomic mass is 10.1. The van der Waals surface area contributed by atoms with Gasteiger partial charge in [0, 0.05) is 43.2 Å². The molecule has 2 aromatic heterocycles. The van der Waals surface area contributed by atoms with Crippen molar-refractivity contribution in [3.05, 3.63) is 53.0 Å². The maximum absolute atomic E-state index is 12.6. The van der Waals surface area contributed by atoms with Gasteiger partial charge in [-0.2, -0.15) is 0 Å². The van der Waals surface area contributed by atoms with Crippen LogP contribution >= 0.6 is 15.9 Å². The first-order chi connectivity index (χ1) is 10.6. The highest BCUT2D eigenvalue weighted by Crippen LogP contribution is 2.20. The fourth-order valence-corrected chi connectivity index (χ4v) is 2.54. The molecule has 0 aliphatic heterocycles. The quantitative estimate of drug-likeness (QED) is 0.733. The molecular formula is C17H20BrN3O. The van der Waals surface area contributed by atoms with Gasteiger partial charge in [0.05, 0.1) is 0 Å². The summed E-state index contributed by atoms with van der Waals surface area (Å²) in [6.45, 7) is 4.72. The van der Waals surface area contributed by atoms with Gasteiger partial charge in [0.25, 0.3) is 0 Å². The molecule has 5 heteroatoms. The average molecular weight is 362 g/mol. The molecule has 22 heavy (non-hydrogen) atoms. The van der Waals surface area contributed by atoms with Crippen LogP contribution in [-0.2, 0) is 11.2 Å². The van der Waals surface area contributed by atoms with Gasteiger partial charge in [-0.25, -0.2) is 4.98 Å². The van der Waals surface area contributed by atoms with Gasteiger partial charge >= 0.3 is 0 Å². The lowest BCUT2D eigenvalue weighted by molar-refractivity contribution is -0.119. The van der Waals surface area contributed by atoms with Gasteiger partial charge in [-0.1, -0.05) is 19.9 Å². The summed E-state index contributed by atoms with van der Waals surface area (Å²) in [5.74, 6) is 0.458. The number of nitrogens with zero attached hydrogens (tertiary/aromatic N) is 3. The van der Waals surface area contributed by atoms with Gasteiger partial charge in [-0.15, -0.1) is 0 Å². The van der Waals surface area contributed by atoms with Crippen LogP contribution in [0.25, 0.3) is 0 Å². The zero-order valence-corrected chi connectivity index (χ0v) is 14.5. The Morgan fingerprint density at radius 1 is 1.23 bits per heavy atom. The number of hydrogen-bond acceptors (Lipinski definition) is 3. The number of halogens is 1. The van der Waals surface area contributed by atoms with Gasteiger partial charge in [0.15, 0.2) is 0 Å². The van der Waals surface area contributed by atoms with Crippen molar-refractivity contribution in [2.24, 2.45) is 5.92 Å². The van der Waals surface area contributed by atoms with Crippen LogP contribution in [0.15, 0.2) is 47.3 Å². The third-order valence-electron chi connectivity index (χ3n) is 3.22. The summed E-state index contributed by atoms with van der Waals surface area (Å²) in [5.41, 5.74) is 1.85. The zero-order chi connectivity index (χ0) is 15.9. The summed E-state index contributed by atoms with van der Waals surface area (Å²) in [7, 11) is 0. The van der Waals surface area contributed by atoms with Crippen LogP contribution in [0.5, 0.6) is 0 Å². The minimum atomic E-state index is 0.129. The Bertz CT molecular complexity index is 616. The van der Waals surface area contributed by atoms with Gasteiger partial charge in [-0.3, -0.25) is 9.78 Å². The molecule has 0 N–H and O–H groups in total. The maximum Gasteiger partial charge on any atom is 0.227 e. The molecule has 0 aliphatic carbocycles. The minimum Gasteiger partial charge on any atom is -0.312 e. The monoisotopic (exact) mass is 361 g/mol. The first-order valence-corrected chi connectivity index (χ1v) is 8.17. The normalized spacial score (nSPS) is 10.7. The van der Waals surface area contributed by atoms with E-state index in [9.17, 15) is 4.79 Å². The summed E-state index contributed by atoms with van der Waals surface area (Å²) in [6, 6.07) is 9.57. The van der Waals surface area contributed by atoms with E-state index in [4.69, 9.17) is 0 Å². The molecule has 0 saturated carbocycles. The molecule has 0 fully saturated rings. The predicted octanol–water partition coefficient (Wildman–Crippen LogP) is 3.86. The third-order valence-corrected chi connectivity index (χ3v) is 3.66. The number of carbonyl (C=O) groups is 1. The van der Waals surface area contributed by atoms with E-state index in [0.717, 1.165) is 22.4 Å². The molecule has 2 aromatic rings. The molecule has 116 valence electrons. The van der Waals surface area contributed by atoms with Crippen molar-refractivity contribution in [1.82, 2.24) is 9.97 Å². The van der Waals surface area contributed by atoms with Crippen molar-refractivity contribution < 1.29 is 4.79 Å². The van der Waals surface area contributed by atoms with Crippen molar-refractivity contribution >= 4 is 27.5 Å². The third kappa shape index (κ3) is 4.91. The van der Waals surface area contributed by atoms with Crippen LogP contribution in [0, 0.1) is 5.92 Å². The van der Waals surface area contributed by atoms with Gasteiger partial charge in [0.2, 0.25) is 5.91 Å². The minimum absolute atomic E-state index is 0.129. The Hall–Kier alpha value is -1.75. The lowest BCUT2D eigenvalue weighted by Crippen LogP contribution is -2.33. The fraction of sp³-hybridized carbons (Fsp3) is 0.353. The van der Waals surface area contributed by atoms with E-state index in [1.54, 1.807) is 12.4 Å². The summed E-state index contributed by atoms with van der Waals surface area (Å²) in [4.78, 5) is 22.8. The number of carbonyl (C=O) groups excluding carboxylic acids is 1. The molecule has 0 unspecified atom stereocenters. The molecule has 0 saturated heterocycles. The Kier molecular flexibility index (Phi) is 6.07. The Balaban J connectivity index is 2.16. The molecule has 4 nitrogen and oxygen atoms in total. The predicted molar refractivity (Wildman–Crippen MR) is 91.7 cm³/mol. The number of hydrogen-bond donors (Lipinski definition) is 0. The highest BCUT2D eigenvalue weighted by Gasteiger charge is 2.17. The van der Waals surface area contributed by atoms with Gasteiger partial charge < -0.3 is 4.90 Å². The summed E-state index contributed by atoms with van der Waals surface area (Å²) < 4.78 is 0.727. The smallest absolute Gasteiger partial charge is 0.227 e. The first kappa shape index (κ1) is 16.6. The zero-order valence-electron chi connectivity index (χ0n) is 12.9. The molecule has 0 bridgehead atoms. The molecular weight excluding hydrogens is 342 g/mol. The van der Waals surface area contributed by atoms with Crippen LogP contribution in [-0.4, -0.2) is 22.4 Å². The summed E-state index contributed by atoms with van der Waals surface area (Å²) in [6.07, 6.45) is 4.74. The summed E-state index contributed by atoms with van der Waals surface area (Å²) >= 11 is 3.37. The summed E-state index contributed by atoms with van der Waals surface area (Å²) in [5, 5.41) is 0. The average Bonchev–Trinajstić information content (AvgIpc) is 2.48. The fourth-order valence-electron chi connectivity index (χ4n) is 2.19. The number of aromatic nitrogens is 2. The largest absolute Gasteiger partial charge is 0.312 e. The molecule has 0 aliphatic rings. The van der Waals surface area contributed by atoms with E-state index in [-0.39, 0.29) is 5.91 Å². The van der Waals surface area contributed by atoms with E-state index in [1.165, 1.54) is 0 Å². The Morgan fingerprint density at radius 2 is 2.05 bits per heavy atom. The molecule has 0 radical (unpaired) electrons. The lowest BCUT2D eigenvalue weighted by Gasteiger charge is -2.23. The number of amides is 1. The van der Waals surface area contributed by atoms with Crippen molar-refractivity contribution in [3.8, 4) is 0 Å². The highest BCUT2D eigenvalue weighted by atomic mass is 79.9. The van der Waals surface area contributed by atoms with E-state index < -0.39 is 0 Å². The topological polar surface area (TPSA) is 46.1 Å². The maximum atomic E-state index is 12.6. The first-order valence-electron chi connectivity index (χ1n) is 7.38. The number of pyridine rings is 2. The van der Waals surface area contributed by atoms with E-state index in [0.29, 0.717) is 18.9 Å². The van der Waals surface area contributed by atoms with Crippen LogP contribution in [0.3, 0.4) is 0 Å². The second-order valence-electron chi connectivity index (χ2n) is 5.55. The second kappa shape index (κ2) is 8.03. The van der Waals surface area contributed by atoms with Crippen molar-refractivity contribution in [2.75, 3.05) is 11.4 Å². The van der Waals surface area contributed by atoms with Crippen LogP contribution in [0.1, 0.15) is 26.0 Å². The van der Waals surface area contributed by atoms with Crippen LogP contribution < -0.4 is 4.90 Å². The number of rotatable bonds is 6. The molecule has 0 atom stereocenters. The van der Waals surface area contributed by atoms with Gasteiger partial charge in [0.1, 0.15) is 4.60 Å². The molecule has 0 aromatic carbocycles. The second-order valence-corrected chi connectivity index (χ2v) is 6.36. The Morgan fingerprint density at radius 3 is 2.68 bits per heavy atom. The molecule has 1 amide bonds. The SMILES string of the molecule is CC(C)CC(=O)N(CCc1ccccn1)c1ccnc(Br)c1. The molecule has 2 rings (SSSR count). The van der Waals surface area contributed by atoms with Gasteiger partial charge in [-0.05, 0) is 46.1 Å². The van der Waals surface area contributed by atoms with Crippen LogP contribution in [0.2, 0.25) is 0 Å². The standard InChI is InChI=1S/C17H20BrN3O/c1-13(2)11-17(22)21(15-6-9-20-16(18)12-15)10-7-14-5-3-4-8-19-14/h3-6,8-9,12-13H,7,10-11H2,1-2H3.